The Bertz CT molecular complexity index is 1170. The monoisotopic (exact) mass is 498 g/mol. The molecule has 34 heavy (non-hydrogen) atoms. The lowest BCUT2D eigenvalue weighted by atomic mass is 9.90. The van der Waals surface area contributed by atoms with Gasteiger partial charge in [0.05, 0.1) is 5.56 Å². The first kappa shape index (κ1) is 27.9. The Balaban J connectivity index is 0.00000408. The summed E-state index contributed by atoms with van der Waals surface area (Å²) in [5, 5.41) is 9.43. The molecule has 0 fully saturated rings. The van der Waals surface area contributed by atoms with Gasteiger partial charge >= 0.3 is 5.97 Å². The van der Waals surface area contributed by atoms with E-state index in [1.54, 1.807) is 17.8 Å². The fraction of sp³-hybridized carbons (Fsp3) is 0.357. The van der Waals surface area contributed by atoms with E-state index in [-0.39, 0.29) is 12.4 Å². The van der Waals surface area contributed by atoms with Gasteiger partial charge in [-0.15, -0.1) is 24.2 Å². The van der Waals surface area contributed by atoms with Gasteiger partial charge in [0.2, 0.25) is 0 Å². The van der Waals surface area contributed by atoms with E-state index < -0.39 is 5.97 Å². The molecule has 1 aromatic heterocycles. The number of nitrogens with two attached hydrogens (primary N) is 1. The standard InChI is InChI=1S/C28H34N2O2S.ClH/c1-16(2)13-25-23(14-29)27(21-9-7-17(3)8-10-21)24(20(6)30-25)15-33-26-12-11-22(28(31)32)18(4)19(26)5;/h7-12,16H,13-15,29H2,1-6H3,(H,31,32);1H. The molecule has 0 aliphatic rings. The molecule has 2 aromatic carbocycles. The lowest BCUT2D eigenvalue weighted by Gasteiger charge is -2.21. The molecule has 0 atom stereocenters. The van der Waals surface area contributed by atoms with Gasteiger partial charge in [-0.25, -0.2) is 4.79 Å². The Labute approximate surface area is 213 Å². The molecule has 3 aromatic rings. The summed E-state index contributed by atoms with van der Waals surface area (Å²) < 4.78 is 0. The first-order valence-electron chi connectivity index (χ1n) is 11.4. The van der Waals surface area contributed by atoms with Crippen molar-refractivity contribution < 1.29 is 9.90 Å². The average molecular weight is 499 g/mol. The molecular formula is C28H35ClN2O2S. The van der Waals surface area contributed by atoms with Crippen LogP contribution in [0.4, 0.5) is 0 Å². The zero-order valence-electron chi connectivity index (χ0n) is 20.9. The summed E-state index contributed by atoms with van der Waals surface area (Å²) in [6.07, 6.45) is 0.897. The molecule has 0 bridgehead atoms. The number of carboxylic acid groups (broad SMARTS) is 1. The van der Waals surface area contributed by atoms with Gasteiger partial charge < -0.3 is 10.8 Å². The van der Waals surface area contributed by atoms with Gasteiger partial charge in [0, 0.05) is 28.6 Å². The number of aryl methyl sites for hydroxylation is 2. The van der Waals surface area contributed by atoms with E-state index in [1.807, 2.05) is 19.9 Å². The number of aromatic nitrogens is 1. The Morgan fingerprint density at radius 3 is 2.21 bits per heavy atom. The lowest BCUT2D eigenvalue weighted by Crippen LogP contribution is -2.13. The molecule has 0 spiro atoms. The predicted molar refractivity (Wildman–Crippen MR) is 145 cm³/mol. The number of halogens is 1. The summed E-state index contributed by atoms with van der Waals surface area (Å²) >= 11 is 1.73. The van der Waals surface area contributed by atoms with Gasteiger partial charge in [-0.05, 0) is 85.5 Å². The van der Waals surface area contributed by atoms with Crippen molar-refractivity contribution in [3.8, 4) is 11.1 Å². The van der Waals surface area contributed by atoms with Crippen molar-refractivity contribution in [3.05, 3.63) is 81.2 Å². The average Bonchev–Trinajstić information content (AvgIpc) is 2.75. The van der Waals surface area contributed by atoms with E-state index in [2.05, 4.69) is 52.0 Å². The van der Waals surface area contributed by atoms with E-state index in [4.69, 9.17) is 10.7 Å². The third-order valence-corrected chi connectivity index (χ3v) is 7.36. The van der Waals surface area contributed by atoms with Crippen LogP contribution < -0.4 is 5.73 Å². The van der Waals surface area contributed by atoms with E-state index >= 15 is 0 Å². The summed E-state index contributed by atoms with van der Waals surface area (Å²) in [4.78, 5) is 17.6. The number of rotatable bonds is 8. The normalized spacial score (nSPS) is 10.9. The first-order chi connectivity index (χ1) is 15.6. The SMILES string of the molecule is Cc1ccc(-c2c(CSc3ccc(C(=O)O)c(C)c3C)c(C)nc(CC(C)C)c2CN)cc1.Cl. The molecule has 182 valence electrons. The molecule has 0 amide bonds. The van der Waals surface area contributed by atoms with E-state index in [1.165, 1.54) is 22.3 Å². The number of hydrogen-bond donors (Lipinski definition) is 2. The van der Waals surface area contributed by atoms with Crippen molar-refractivity contribution in [1.82, 2.24) is 4.98 Å². The second kappa shape index (κ2) is 11.9. The number of nitrogens with zero attached hydrogens (tertiary/aromatic N) is 1. The molecule has 0 saturated heterocycles. The zero-order valence-corrected chi connectivity index (χ0v) is 22.5. The Morgan fingerprint density at radius 1 is 1.00 bits per heavy atom. The molecular weight excluding hydrogens is 464 g/mol. The van der Waals surface area contributed by atoms with Crippen LogP contribution in [0.3, 0.4) is 0 Å². The molecule has 0 saturated carbocycles. The summed E-state index contributed by atoms with van der Waals surface area (Å²) in [6.45, 7) is 12.9. The van der Waals surface area contributed by atoms with Crippen molar-refractivity contribution in [2.24, 2.45) is 11.7 Å². The Morgan fingerprint density at radius 2 is 1.65 bits per heavy atom. The number of carbonyl (C=O) groups is 1. The molecule has 6 heteroatoms. The van der Waals surface area contributed by atoms with Crippen LogP contribution >= 0.6 is 24.2 Å². The maximum atomic E-state index is 11.5. The highest BCUT2D eigenvalue weighted by Crippen LogP contribution is 2.37. The summed E-state index contributed by atoms with van der Waals surface area (Å²) in [5.74, 6) is 0.345. The maximum absolute atomic E-state index is 11.5. The minimum absolute atomic E-state index is 0. The van der Waals surface area contributed by atoms with Gasteiger partial charge in [0.1, 0.15) is 0 Å². The number of aromatic carboxylic acids is 1. The van der Waals surface area contributed by atoms with E-state index in [0.717, 1.165) is 45.1 Å². The van der Waals surface area contributed by atoms with Crippen LogP contribution in [0.2, 0.25) is 0 Å². The van der Waals surface area contributed by atoms with Gasteiger partial charge in [-0.2, -0.15) is 0 Å². The number of benzene rings is 2. The van der Waals surface area contributed by atoms with E-state index in [0.29, 0.717) is 18.0 Å². The largest absolute Gasteiger partial charge is 0.478 e. The van der Waals surface area contributed by atoms with E-state index in [9.17, 15) is 9.90 Å². The third kappa shape index (κ3) is 6.01. The van der Waals surface area contributed by atoms with Crippen LogP contribution in [0.25, 0.3) is 11.1 Å². The molecule has 3 rings (SSSR count). The van der Waals surface area contributed by atoms with Gasteiger partial charge in [0.15, 0.2) is 0 Å². The Hall–Kier alpha value is -2.34. The summed E-state index contributed by atoms with van der Waals surface area (Å²) in [7, 11) is 0. The summed E-state index contributed by atoms with van der Waals surface area (Å²) in [5.41, 5.74) is 16.5. The topological polar surface area (TPSA) is 76.2 Å². The van der Waals surface area contributed by atoms with Crippen LogP contribution in [0.5, 0.6) is 0 Å². The van der Waals surface area contributed by atoms with Crippen LogP contribution in [-0.4, -0.2) is 16.1 Å². The number of hydrogen-bond acceptors (Lipinski definition) is 4. The van der Waals surface area contributed by atoms with Crippen molar-refractivity contribution >= 4 is 30.1 Å². The molecule has 4 nitrogen and oxygen atoms in total. The second-order valence-corrected chi connectivity index (χ2v) is 10.1. The first-order valence-corrected chi connectivity index (χ1v) is 12.4. The van der Waals surface area contributed by atoms with Crippen molar-refractivity contribution in [3.63, 3.8) is 0 Å². The van der Waals surface area contributed by atoms with Gasteiger partial charge in [0.25, 0.3) is 0 Å². The highest BCUT2D eigenvalue weighted by Gasteiger charge is 2.20. The lowest BCUT2D eigenvalue weighted by molar-refractivity contribution is 0.0696. The maximum Gasteiger partial charge on any atom is 0.335 e. The third-order valence-electron chi connectivity index (χ3n) is 6.18. The smallest absolute Gasteiger partial charge is 0.335 e. The highest BCUT2D eigenvalue weighted by atomic mass is 35.5. The van der Waals surface area contributed by atoms with Crippen molar-refractivity contribution in [2.75, 3.05) is 0 Å². The minimum atomic E-state index is -0.887. The number of carboxylic acids is 1. The van der Waals surface area contributed by atoms with Crippen LogP contribution in [-0.2, 0) is 18.7 Å². The van der Waals surface area contributed by atoms with Crippen LogP contribution in [0.15, 0.2) is 41.3 Å². The Kier molecular flexibility index (Phi) is 9.74. The van der Waals surface area contributed by atoms with Gasteiger partial charge in [-0.1, -0.05) is 43.7 Å². The zero-order chi connectivity index (χ0) is 24.3. The molecule has 0 unspecified atom stereocenters. The van der Waals surface area contributed by atoms with Crippen LogP contribution in [0, 0.1) is 33.6 Å². The molecule has 0 aliphatic heterocycles. The van der Waals surface area contributed by atoms with Gasteiger partial charge in [-0.3, -0.25) is 4.98 Å². The predicted octanol–water partition coefficient (Wildman–Crippen LogP) is 7.05. The molecule has 1 heterocycles. The van der Waals surface area contributed by atoms with Crippen LogP contribution in [0.1, 0.15) is 63.4 Å². The highest BCUT2D eigenvalue weighted by molar-refractivity contribution is 7.98. The fourth-order valence-electron chi connectivity index (χ4n) is 4.20. The number of thioether (sulfide) groups is 1. The van der Waals surface area contributed by atoms with Crippen molar-refractivity contribution in [2.45, 2.75) is 65.2 Å². The molecule has 0 aliphatic carbocycles. The quantitative estimate of drug-likeness (QED) is 0.325. The fourth-order valence-corrected chi connectivity index (χ4v) is 5.39. The second-order valence-electron chi connectivity index (χ2n) is 9.10. The summed E-state index contributed by atoms with van der Waals surface area (Å²) in [6, 6.07) is 12.3. The molecule has 0 radical (unpaired) electrons. The molecule has 3 N–H and O–H groups in total. The van der Waals surface area contributed by atoms with Crippen molar-refractivity contribution in [1.29, 1.82) is 0 Å². The number of pyridine rings is 1. The minimum Gasteiger partial charge on any atom is -0.478 e.